The topological polar surface area (TPSA) is 98.7 Å². The lowest BCUT2D eigenvalue weighted by Crippen LogP contribution is -2.09. The van der Waals surface area contributed by atoms with Crippen molar-refractivity contribution in [2.24, 2.45) is 7.05 Å². The third-order valence-electron chi connectivity index (χ3n) is 2.27. The molecular weight excluding hydrogens is 256 g/mol. The molecule has 0 aliphatic carbocycles. The molecule has 0 aliphatic rings. The van der Waals surface area contributed by atoms with Crippen LogP contribution in [0.2, 0.25) is 0 Å². The summed E-state index contributed by atoms with van der Waals surface area (Å²) in [6.07, 6.45) is 3.03. The van der Waals surface area contributed by atoms with Crippen molar-refractivity contribution in [1.82, 2.24) is 29.5 Å². The number of rotatable bonds is 5. The quantitative estimate of drug-likeness (QED) is 0.773. The highest BCUT2D eigenvalue weighted by Gasteiger charge is 2.16. The van der Waals surface area contributed by atoms with E-state index in [4.69, 9.17) is 5.11 Å². The van der Waals surface area contributed by atoms with Crippen LogP contribution in [0.3, 0.4) is 0 Å². The maximum Gasteiger partial charge on any atom is 0.313 e. The van der Waals surface area contributed by atoms with E-state index in [0.717, 1.165) is 11.8 Å². The largest absolute Gasteiger partial charge is 0.481 e. The molecule has 0 radical (unpaired) electrons. The number of aliphatic carboxylic acids is 1. The number of hydrogen-bond acceptors (Lipinski definition) is 6. The summed E-state index contributed by atoms with van der Waals surface area (Å²) in [5.41, 5.74) is 0. The molecule has 0 fully saturated rings. The molecular formula is C9H12N6O2S. The molecule has 8 nitrogen and oxygen atoms in total. The van der Waals surface area contributed by atoms with Gasteiger partial charge in [-0.05, 0) is 6.92 Å². The molecule has 1 unspecified atom stereocenters. The molecule has 2 rings (SSSR count). The summed E-state index contributed by atoms with van der Waals surface area (Å²) >= 11 is 1.14. The summed E-state index contributed by atoms with van der Waals surface area (Å²) in [5.74, 6) is -0.339. The molecule has 18 heavy (non-hydrogen) atoms. The van der Waals surface area contributed by atoms with Crippen LogP contribution >= 0.6 is 11.8 Å². The van der Waals surface area contributed by atoms with Crippen LogP contribution in [0.25, 0.3) is 0 Å². The van der Waals surface area contributed by atoms with E-state index in [1.165, 1.54) is 6.33 Å². The minimum Gasteiger partial charge on any atom is -0.481 e. The molecule has 0 spiro atoms. The zero-order valence-electron chi connectivity index (χ0n) is 9.89. The number of aryl methyl sites for hydroxylation is 1. The minimum absolute atomic E-state index is 0.0380. The maximum absolute atomic E-state index is 10.5. The Labute approximate surface area is 107 Å². The van der Waals surface area contributed by atoms with Crippen molar-refractivity contribution < 1.29 is 9.90 Å². The summed E-state index contributed by atoms with van der Waals surface area (Å²) in [6, 6.07) is -0.141. The normalized spacial score (nSPS) is 12.6. The molecule has 1 atom stereocenters. The van der Waals surface area contributed by atoms with Crippen molar-refractivity contribution in [3.05, 3.63) is 18.5 Å². The number of aromatic nitrogens is 6. The van der Waals surface area contributed by atoms with Gasteiger partial charge in [-0.25, -0.2) is 19.3 Å². The maximum atomic E-state index is 10.5. The number of carbonyl (C=O) groups is 1. The van der Waals surface area contributed by atoms with Crippen LogP contribution in [-0.4, -0.2) is 46.4 Å². The lowest BCUT2D eigenvalue weighted by molar-refractivity contribution is -0.133. The Bertz CT molecular complexity index is 537. The molecule has 2 aromatic rings. The van der Waals surface area contributed by atoms with Crippen molar-refractivity contribution in [2.45, 2.75) is 18.1 Å². The lowest BCUT2D eigenvalue weighted by atomic mass is 10.3. The van der Waals surface area contributed by atoms with Crippen molar-refractivity contribution in [2.75, 3.05) is 5.75 Å². The number of carboxylic acid groups (broad SMARTS) is 1. The second-order valence-corrected chi connectivity index (χ2v) is 4.55. The Hall–Kier alpha value is -1.90. The van der Waals surface area contributed by atoms with E-state index in [1.807, 2.05) is 6.92 Å². The van der Waals surface area contributed by atoms with Gasteiger partial charge in [-0.1, -0.05) is 11.8 Å². The van der Waals surface area contributed by atoms with E-state index in [9.17, 15) is 4.79 Å². The van der Waals surface area contributed by atoms with Crippen LogP contribution in [-0.2, 0) is 11.8 Å². The Morgan fingerprint density at radius 1 is 1.61 bits per heavy atom. The Morgan fingerprint density at radius 3 is 3.00 bits per heavy atom. The van der Waals surface area contributed by atoms with Gasteiger partial charge in [0, 0.05) is 7.05 Å². The van der Waals surface area contributed by atoms with Crippen LogP contribution in [0.4, 0.5) is 0 Å². The first kappa shape index (κ1) is 12.6. The van der Waals surface area contributed by atoms with Crippen LogP contribution in [0.5, 0.6) is 0 Å². The third kappa shape index (κ3) is 2.67. The Morgan fingerprint density at radius 2 is 2.39 bits per heavy atom. The highest BCUT2D eigenvalue weighted by molar-refractivity contribution is 7.99. The predicted molar refractivity (Wildman–Crippen MR) is 63.2 cm³/mol. The second-order valence-electron chi connectivity index (χ2n) is 3.61. The summed E-state index contributed by atoms with van der Waals surface area (Å²) in [6.45, 7) is 1.90. The summed E-state index contributed by atoms with van der Waals surface area (Å²) in [5, 5.41) is 17.5. The molecule has 0 amide bonds. The van der Waals surface area contributed by atoms with Gasteiger partial charge in [0.05, 0.1) is 5.75 Å². The fraction of sp³-hybridized carbons (Fsp3) is 0.444. The second kappa shape index (κ2) is 5.17. The van der Waals surface area contributed by atoms with Gasteiger partial charge >= 0.3 is 5.97 Å². The number of nitrogens with zero attached hydrogens (tertiary/aromatic N) is 6. The number of carboxylic acids is 1. The van der Waals surface area contributed by atoms with Gasteiger partial charge in [0.25, 0.3) is 0 Å². The molecule has 0 aromatic carbocycles. The third-order valence-corrected chi connectivity index (χ3v) is 3.28. The zero-order chi connectivity index (χ0) is 13.1. The summed E-state index contributed by atoms with van der Waals surface area (Å²) in [4.78, 5) is 18.7. The summed E-state index contributed by atoms with van der Waals surface area (Å²) in [7, 11) is 1.73. The van der Waals surface area contributed by atoms with E-state index in [0.29, 0.717) is 11.0 Å². The lowest BCUT2D eigenvalue weighted by Gasteiger charge is -2.05. The molecule has 0 saturated carbocycles. The van der Waals surface area contributed by atoms with Gasteiger partial charge in [-0.3, -0.25) is 4.79 Å². The Kier molecular flexibility index (Phi) is 3.60. The van der Waals surface area contributed by atoms with Gasteiger partial charge < -0.3 is 5.11 Å². The van der Waals surface area contributed by atoms with Crippen molar-refractivity contribution in [3.63, 3.8) is 0 Å². The standard InChI is InChI=1S/C9H12N6O2S/c1-6(15-5-10-4-11-15)8-12-9(14(2)13-8)18-3-7(16)17/h4-6H,3H2,1-2H3,(H,16,17). The molecule has 0 bridgehead atoms. The predicted octanol–water partition coefficient (Wildman–Crippen LogP) is 0.193. The van der Waals surface area contributed by atoms with Crippen molar-refractivity contribution >= 4 is 17.7 Å². The van der Waals surface area contributed by atoms with Crippen LogP contribution < -0.4 is 0 Å². The molecule has 96 valence electrons. The number of hydrogen-bond donors (Lipinski definition) is 1. The highest BCUT2D eigenvalue weighted by Crippen LogP contribution is 2.18. The van der Waals surface area contributed by atoms with Crippen molar-refractivity contribution in [1.29, 1.82) is 0 Å². The van der Waals surface area contributed by atoms with Crippen LogP contribution in [0.15, 0.2) is 17.8 Å². The molecule has 0 aliphatic heterocycles. The fourth-order valence-electron chi connectivity index (χ4n) is 1.35. The first-order valence-electron chi connectivity index (χ1n) is 5.17. The average Bonchev–Trinajstić information content (AvgIpc) is 2.94. The van der Waals surface area contributed by atoms with E-state index in [1.54, 1.807) is 22.7 Å². The van der Waals surface area contributed by atoms with E-state index < -0.39 is 5.97 Å². The van der Waals surface area contributed by atoms with E-state index >= 15 is 0 Å². The SMILES string of the molecule is CC(c1nc(SCC(=O)O)n(C)n1)n1cncn1. The first-order valence-corrected chi connectivity index (χ1v) is 6.16. The van der Waals surface area contributed by atoms with Gasteiger partial charge in [-0.15, -0.1) is 0 Å². The smallest absolute Gasteiger partial charge is 0.313 e. The van der Waals surface area contributed by atoms with Crippen LogP contribution in [0.1, 0.15) is 18.8 Å². The van der Waals surface area contributed by atoms with E-state index in [2.05, 4.69) is 20.2 Å². The molecule has 1 N–H and O–H groups in total. The first-order chi connectivity index (χ1) is 8.58. The fourth-order valence-corrected chi connectivity index (χ4v) is 1.99. The zero-order valence-corrected chi connectivity index (χ0v) is 10.7. The van der Waals surface area contributed by atoms with Gasteiger partial charge in [0.2, 0.25) is 0 Å². The molecule has 0 saturated heterocycles. The Balaban J connectivity index is 2.15. The van der Waals surface area contributed by atoms with Gasteiger partial charge in [-0.2, -0.15) is 10.2 Å². The summed E-state index contributed by atoms with van der Waals surface area (Å²) < 4.78 is 3.21. The number of thioether (sulfide) groups is 1. The molecule has 2 aromatic heterocycles. The van der Waals surface area contributed by atoms with Gasteiger partial charge in [0.1, 0.15) is 18.7 Å². The van der Waals surface area contributed by atoms with E-state index in [-0.39, 0.29) is 11.8 Å². The minimum atomic E-state index is -0.881. The average molecular weight is 268 g/mol. The van der Waals surface area contributed by atoms with Crippen molar-refractivity contribution in [3.8, 4) is 0 Å². The monoisotopic (exact) mass is 268 g/mol. The van der Waals surface area contributed by atoms with Gasteiger partial charge in [0.15, 0.2) is 11.0 Å². The highest BCUT2D eigenvalue weighted by atomic mass is 32.2. The molecule has 9 heteroatoms. The molecule has 2 heterocycles. The van der Waals surface area contributed by atoms with Crippen LogP contribution in [0, 0.1) is 0 Å².